The van der Waals surface area contributed by atoms with Gasteiger partial charge in [0.1, 0.15) is 11.6 Å². The Morgan fingerprint density at radius 2 is 1.95 bits per heavy atom. The van der Waals surface area contributed by atoms with Gasteiger partial charge in [0, 0.05) is 18.4 Å². The summed E-state index contributed by atoms with van der Waals surface area (Å²) in [5.74, 6) is -0.934. The zero-order chi connectivity index (χ0) is 14.7. The SMILES string of the molecule is CCOc1ccc(C(=O)C2=C(F)CC(C)CC2=O)cc1. The molecule has 0 aromatic heterocycles. The van der Waals surface area contributed by atoms with Gasteiger partial charge < -0.3 is 4.74 Å². The summed E-state index contributed by atoms with van der Waals surface area (Å²) in [6.07, 6.45) is 0.384. The summed E-state index contributed by atoms with van der Waals surface area (Å²) < 4.78 is 19.2. The Morgan fingerprint density at radius 3 is 2.50 bits per heavy atom. The van der Waals surface area contributed by atoms with E-state index in [1.54, 1.807) is 31.2 Å². The maximum Gasteiger partial charge on any atom is 0.199 e. The fourth-order valence-electron chi connectivity index (χ4n) is 2.31. The first kappa shape index (κ1) is 14.4. The highest BCUT2D eigenvalue weighted by Gasteiger charge is 2.30. The van der Waals surface area contributed by atoms with Crippen LogP contribution in [0.25, 0.3) is 0 Å². The molecule has 1 aliphatic rings. The molecule has 0 amide bonds. The summed E-state index contributed by atoms with van der Waals surface area (Å²) in [5.41, 5.74) is 0.0220. The molecule has 0 spiro atoms. The van der Waals surface area contributed by atoms with Gasteiger partial charge in [0.2, 0.25) is 0 Å². The lowest BCUT2D eigenvalue weighted by molar-refractivity contribution is -0.116. The van der Waals surface area contributed by atoms with Crippen LogP contribution >= 0.6 is 0 Å². The number of ketones is 2. The lowest BCUT2D eigenvalue weighted by Gasteiger charge is -2.18. The van der Waals surface area contributed by atoms with Crippen molar-refractivity contribution in [1.82, 2.24) is 0 Å². The second-order valence-electron chi connectivity index (χ2n) is 5.00. The predicted molar refractivity (Wildman–Crippen MR) is 73.5 cm³/mol. The number of hydrogen-bond donors (Lipinski definition) is 0. The highest BCUT2D eigenvalue weighted by molar-refractivity contribution is 6.27. The van der Waals surface area contributed by atoms with Gasteiger partial charge in [-0.1, -0.05) is 6.92 Å². The third-order valence-electron chi connectivity index (χ3n) is 3.27. The molecule has 0 aliphatic heterocycles. The van der Waals surface area contributed by atoms with E-state index < -0.39 is 17.4 Å². The standard InChI is InChI=1S/C16H17FO3/c1-3-20-12-6-4-11(5-7-12)16(19)15-13(17)8-10(2)9-14(15)18/h4-7,10H,3,8-9H2,1-2H3. The first-order chi connectivity index (χ1) is 9.52. The van der Waals surface area contributed by atoms with Gasteiger partial charge in [-0.3, -0.25) is 9.59 Å². The molecule has 4 heteroatoms. The van der Waals surface area contributed by atoms with Gasteiger partial charge in [0.15, 0.2) is 11.6 Å². The number of Topliss-reactive ketones (excluding diaryl/α,β-unsaturated/α-hetero) is 2. The van der Waals surface area contributed by atoms with Crippen LogP contribution in [-0.4, -0.2) is 18.2 Å². The van der Waals surface area contributed by atoms with Crippen LogP contribution in [0.1, 0.15) is 37.0 Å². The molecule has 1 aromatic rings. The second kappa shape index (κ2) is 5.99. The van der Waals surface area contributed by atoms with E-state index in [2.05, 4.69) is 0 Å². The molecule has 0 fully saturated rings. The van der Waals surface area contributed by atoms with E-state index in [4.69, 9.17) is 4.74 Å². The Kier molecular flexibility index (Phi) is 4.32. The van der Waals surface area contributed by atoms with Gasteiger partial charge in [-0.2, -0.15) is 0 Å². The summed E-state index contributed by atoms with van der Waals surface area (Å²) >= 11 is 0. The van der Waals surface area contributed by atoms with E-state index in [0.717, 1.165) is 0 Å². The molecular weight excluding hydrogens is 259 g/mol. The number of rotatable bonds is 4. The quantitative estimate of drug-likeness (QED) is 0.624. The third kappa shape index (κ3) is 2.95. The van der Waals surface area contributed by atoms with E-state index in [0.29, 0.717) is 17.9 Å². The molecule has 0 saturated heterocycles. The number of allylic oxidation sites excluding steroid dienone is 2. The van der Waals surface area contributed by atoms with Crippen LogP contribution in [-0.2, 0) is 4.79 Å². The van der Waals surface area contributed by atoms with Crippen molar-refractivity contribution in [2.45, 2.75) is 26.7 Å². The van der Waals surface area contributed by atoms with Crippen molar-refractivity contribution in [3.8, 4) is 5.75 Å². The van der Waals surface area contributed by atoms with Crippen molar-refractivity contribution in [2.75, 3.05) is 6.61 Å². The fraction of sp³-hybridized carbons (Fsp3) is 0.375. The van der Waals surface area contributed by atoms with Crippen LogP contribution in [0, 0.1) is 5.92 Å². The number of benzene rings is 1. The van der Waals surface area contributed by atoms with E-state index in [-0.39, 0.29) is 24.3 Å². The van der Waals surface area contributed by atoms with Gasteiger partial charge >= 0.3 is 0 Å². The highest BCUT2D eigenvalue weighted by atomic mass is 19.1. The first-order valence-electron chi connectivity index (χ1n) is 6.72. The van der Waals surface area contributed by atoms with Crippen molar-refractivity contribution in [3.63, 3.8) is 0 Å². The molecule has 0 N–H and O–H groups in total. The van der Waals surface area contributed by atoms with E-state index >= 15 is 0 Å². The second-order valence-corrected chi connectivity index (χ2v) is 5.00. The first-order valence-corrected chi connectivity index (χ1v) is 6.72. The van der Waals surface area contributed by atoms with Crippen molar-refractivity contribution in [2.24, 2.45) is 5.92 Å². The number of halogens is 1. The van der Waals surface area contributed by atoms with Gasteiger partial charge in [-0.15, -0.1) is 0 Å². The fourth-order valence-corrected chi connectivity index (χ4v) is 2.31. The Labute approximate surface area is 117 Å². The van der Waals surface area contributed by atoms with Crippen LogP contribution < -0.4 is 4.74 Å². The predicted octanol–water partition coefficient (Wildman–Crippen LogP) is 3.49. The largest absolute Gasteiger partial charge is 0.494 e. The van der Waals surface area contributed by atoms with E-state index in [9.17, 15) is 14.0 Å². The summed E-state index contributed by atoms with van der Waals surface area (Å²) in [7, 11) is 0. The Bertz CT molecular complexity index is 558. The average Bonchev–Trinajstić information content (AvgIpc) is 2.38. The molecule has 1 aromatic carbocycles. The van der Waals surface area contributed by atoms with Crippen LogP contribution in [0.4, 0.5) is 4.39 Å². The summed E-state index contributed by atoms with van der Waals surface area (Å²) in [6.45, 7) is 4.19. The summed E-state index contributed by atoms with van der Waals surface area (Å²) in [5, 5.41) is 0. The molecule has 106 valence electrons. The topological polar surface area (TPSA) is 43.4 Å². The van der Waals surface area contributed by atoms with Crippen LogP contribution in [0.15, 0.2) is 35.7 Å². The van der Waals surface area contributed by atoms with Crippen molar-refractivity contribution in [1.29, 1.82) is 0 Å². The zero-order valence-electron chi connectivity index (χ0n) is 11.6. The molecular formula is C16H17FO3. The number of ether oxygens (including phenoxy) is 1. The van der Waals surface area contributed by atoms with Gasteiger partial charge in [0.05, 0.1) is 12.2 Å². The maximum absolute atomic E-state index is 13.9. The van der Waals surface area contributed by atoms with Gasteiger partial charge in [-0.05, 0) is 37.1 Å². The Balaban J connectivity index is 2.26. The average molecular weight is 276 g/mol. The molecule has 20 heavy (non-hydrogen) atoms. The normalized spacial score (nSPS) is 19.1. The lowest BCUT2D eigenvalue weighted by Crippen LogP contribution is -2.22. The minimum Gasteiger partial charge on any atom is -0.494 e. The Morgan fingerprint density at radius 1 is 1.30 bits per heavy atom. The number of carbonyl (C=O) groups excluding carboxylic acids is 2. The lowest BCUT2D eigenvalue weighted by atomic mass is 9.85. The van der Waals surface area contributed by atoms with Gasteiger partial charge in [-0.25, -0.2) is 4.39 Å². The van der Waals surface area contributed by atoms with Crippen LogP contribution in [0.3, 0.4) is 0 Å². The van der Waals surface area contributed by atoms with E-state index in [1.807, 2.05) is 6.92 Å². The van der Waals surface area contributed by atoms with Crippen molar-refractivity contribution >= 4 is 11.6 Å². The molecule has 0 heterocycles. The molecule has 0 radical (unpaired) electrons. The summed E-state index contributed by atoms with van der Waals surface area (Å²) in [6, 6.07) is 6.40. The molecule has 1 aliphatic carbocycles. The minimum absolute atomic E-state index is 0.0422. The molecule has 2 rings (SSSR count). The van der Waals surface area contributed by atoms with Crippen molar-refractivity contribution in [3.05, 3.63) is 41.2 Å². The molecule has 1 unspecified atom stereocenters. The molecule has 3 nitrogen and oxygen atoms in total. The summed E-state index contributed by atoms with van der Waals surface area (Å²) in [4.78, 5) is 24.1. The van der Waals surface area contributed by atoms with E-state index in [1.165, 1.54) is 0 Å². The number of hydrogen-bond acceptors (Lipinski definition) is 3. The maximum atomic E-state index is 13.9. The highest BCUT2D eigenvalue weighted by Crippen LogP contribution is 2.30. The van der Waals surface area contributed by atoms with Crippen LogP contribution in [0.5, 0.6) is 5.75 Å². The van der Waals surface area contributed by atoms with Crippen molar-refractivity contribution < 1.29 is 18.7 Å². The van der Waals surface area contributed by atoms with Crippen LogP contribution in [0.2, 0.25) is 0 Å². The molecule has 0 saturated carbocycles. The van der Waals surface area contributed by atoms with Gasteiger partial charge in [0.25, 0.3) is 0 Å². The molecule has 1 atom stereocenters. The monoisotopic (exact) mass is 276 g/mol. The number of carbonyl (C=O) groups is 2. The molecule has 0 bridgehead atoms. The smallest absolute Gasteiger partial charge is 0.199 e. The minimum atomic E-state index is -0.590. The zero-order valence-corrected chi connectivity index (χ0v) is 11.6. The third-order valence-corrected chi connectivity index (χ3v) is 3.27. The Hall–Kier alpha value is -1.97.